The Balaban J connectivity index is 1.39. The zero-order chi connectivity index (χ0) is 20.9. The first-order valence-corrected chi connectivity index (χ1v) is 12.2. The van der Waals surface area contributed by atoms with Gasteiger partial charge in [-0.25, -0.2) is 4.98 Å². The van der Waals surface area contributed by atoms with Gasteiger partial charge in [-0.2, -0.15) is 15.2 Å². The second kappa shape index (κ2) is 7.55. The predicted octanol–water partition coefficient (Wildman–Crippen LogP) is 3.27. The molecule has 8 nitrogen and oxygen atoms in total. The van der Waals surface area contributed by atoms with Crippen LogP contribution in [0.4, 0.5) is 11.8 Å². The molecule has 0 radical (unpaired) electrons. The molecule has 3 aromatic rings. The van der Waals surface area contributed by atoms with Crippen molar-refractivity contribution >= 4 is 23.5 Å². The molecule has 6 heterocycles. The van der Waals surface area contributed by atoms with Crippen LogP contribution in [0.3, 0.4) is 0 Å². The average Bonchev–Trinajstić information content (AvgIpc) is 3.56. The van der Waals surface area contributed by atoms with Gasteiger partial charge in [-0.15, -0.1) is 11.8 Å². The molecule has 0 amide bonds. The average molecular weight is 437 g/mol. The number of hydrogen-bond donors (Lipinski definition) is 0. The van der Waals surface area contributed by atoms with E-state index in [9.17, 15) is 0 Å². The Kier molecular flexibility index (Phi) is 4.66. The topological polar surface area (TPSA) is 67.9 Å². The molecule has 0 unspecified atom stereocenters. The first kappa shape index (κ1) is 19.2. The summed E-state index contributed by atoms with van der Waals surface area (Å²) in [6, 6.07) is 0.649. The number of aryl methyl sites for hydroxylation is 3. The van der Waals surface area contributed by atoms with E-state index in [1.165, 1.54) is 28.1 Å². The minimum atomic E-state index is 0.307. The summed E-state index contributed by atoms with van der Waals surface area (Å²) in [5, 5.41) is 8.83. The lowest BCUT2D eigenvalue weighted by Gasteiger charge is -2.29. The Morgan fingerprint density at radius 2 is 1.52 bits per heavy atom. The van der Waals surface area contributed by atoms with Crippen molar-refractivity contribution in [2.45, 2.75) is 49.1 Å². The van der Waals surface area contributed by atoms with Crippen molar-refractivity contribution < 1.29 is 0 Å². The zero-order valence-corrected chi connectivity index (χ0v) is 18.9. The third kappa shape index (κ3) is 3.30. The molecule has 3 aliphatic rings. The Morgan fingerprint density at radius 1 is 0.871 bits per heavy atom. The molecule has 162 valence electrons. The van der Waals surface area contributed by atoms with Crippen LogP contribution in [-0.4, -0.2) is 48.4 Å². The molecule has 0 aromatic carbocycles. The van der Waals surface area contributed by atoms with Crippen LogP contribution in [0.2, 0.25) is 0 Å². The highest BCUT2D eigenvalue weighted by molar-refractivity contribution is 7.99. The summed E-state index contributed by atoms with van der Waals surface area (Å²) >= 11 is 1.92. The summed E-state index contributed by atoms with van der Waals surface area (Å²) < 4.78 is 3.79. The van der Waals surface area contributed by atoms with E-state index in [0.29, 0.717) is 12.1 Å². The van der Waals surface area contributed by atoms with Crippen molar-refractivity contribution in [3.63, 3.8) is 0 Å². The molecular weight excluding hydrogens is 408 g/mol. The van der Waals surface area contributed by atoms with Gasteiger partial charge in [0.05, 0.1) is 35.1 Å². The monoisotopic (exact) mass is 436 g/mol. The molecule has 31 heavy (non-hydrogen) atoms. The molecule has 2 atom stereocenters. The lowest BCUT2D eigenvalue weighted by atomic mass is 10.1. The molecule has 3 aromatic heterocycles. The Morgan fingerprint density at radius 3 is 2.16 bits per heavy atom. The van der Waals surface area contributed by atoms with E-state index in [1.54, 1.807) is 0 Å². The van der Waals surface area contributed by atoms with Gasteiger partial charge in [0, 0.05) is 62.9 Å². The number of fused-ring (bicyclic) bond motifs is 1. The number of thioether (sulfide) groups is 1. The van der Waals surface area contributed by atoms with E-state index in [4.69, 9.17) is 9.97 Å². The highest BCUT2D eigenvalue weighted by atomic mass is 32.2. The van der Waals surface area contributed by atoms with Crippen molar-refractivity contribution in [1.29, 1.82) is 0 Å². The minimum Gasteiger partial charge on any atom is -0.348 e. The van der Waals surface area contributed by atoms with E-state index in [-0.39, 0.29) is 0 Å². The molecule has 3 aliphatic heterocycles. The fourth-order valence-electron chi connectivity index (χ4n) is 5.31. The van der Waals surface area contributed by atoms with Crippen molar-refractivity contribution in [2.24, 2.45) is 14.1 Å². The van der Waals surface area contributed by atoms with E-state index in [0.717, 1.165) is 56.3 Å². The first-order chi connectivity index (χ1) is 15.2. The van der Waals surface area contributed by atoms with Crippen molar-refractivity contribution in [2.75, 3.05) is 28.6 Å². The molecule has 0 saturated carbocycles. The van der Waals surface area contributed by atoms with Crippen molar-refractivity contribution in [3.8, 4) is 0 Å². The minimum absolute atomic E-state index is 0.307. The van der Waals surface area contributed by atoms with Gasteiger partial charge in [0.1, 0.15) is 5.82 Å². The van der Waals surface area contributed by atoms with Gasteiger partial charge in [0.15, 0.2) is 0 Å². The van der Waals surface area contributed by atoms with Gasteiger partial charge in [0.2, 0.25) is 5.95 Å². The number of hydrogen-bond acceptors (Lipinski definition) is 7. The second-order valence-corrected chi connectivity index (χ2v) is 9.92. The molecular formula is C22H28N8S. The fourth-order valence-corrected chi connectivity index (χ4v) is 6.41. The van der Waals surface area contributed by atoms with E-state index >= 15 is 0 Å². The van der Waals surface area contributed by atoms with Gasteiger partial charge in [0.25, 0.3) is 0 Å². The third-order valence-corrected chi connectivity index (χ3v) is 7.86. The number of anilines is 2. The highest BCUT2D eigenvalue weighted by Crippen LogP contribution is 2.45. The van der Waals surface area contributed by atoms with E-state index < -0.39 is 0 Å². The first-order valence-electron chi connectivity index (χ1n) is 11.2. The number of aromatic nitrogens is 6. The maximum absolute atomic E-state index is 5.24. The smallest absolute Gasteiger partial charge is 0.228 e. The van der Waals surface area contributed by atoms with E-state index in [2.05, 4.69) is 32.4 Å². The molecule has 0 bridgehead atoms. The van der Waals surface area contributed by atoms with Crippen molar-refractivity contribution in [3.05, 3.63) is 41.6 Å². The Bertz CT molecular complexity index is 1100. The van der Waals surface area contributed by atoms with Crippen LogP contribution in [0, 0.1) is 0 Å². The van der Waals surface area contributed by atoms with Gasteiger partial charge in [-0.05, 0) is 25.7 Å². The Labute approximate surface area is 186 Å². The summed E-state index contributed by atoms with van der Waals surface area (Å²) in [6.07, 6.45) is 13.9. The third-order valence-electron chi connectivity index (χ3n) is 6.75. The van der Waals surface area contributed by atoms with Gasteiger partial charge in [-0.3, -0.25) is 9.36 Å². The number of rotatable bonds is 4. The summed E-state index contributed by atoms with van der Waals surface area (Å²) in [5.41, 5.74) is 3.76. The van der Waals surface area contributed by atoms with Crippen LogP contribution in [0.15, 0.2) is 29.7 Å². The molecule has 0 aliphatic carbocycles. The lowest BCUT2D eigenvalue weighted by Crippen LogP contribution is -2.28. The maximum Gasteiger partial charge on any atom is 0.228 e. The van der Waals surface area contributed by atoms with Crippen LogP contribution < -0.4 is 9.80 Å². The molecule has 9 heteroatoms. The van der Waals surface area contributed by atoms with Crippen LogP contribution in [0.25, 0.3) is 0 Å². The molecule has 2 fully saturated rings. The number of nitrogens with zero attached hydrogens (tertiary/aromatic N) is 8. The molecule has 0 N–H and O–H groups in total. The van der Waals surface area contributed by atoms with Crippen molar-refractivity contribution in [1.82, 2.24) is 29.5 Å². The SMILES string of the molecule is Cn1cc([C@@H]2CCCN2c2nc3c(c(N4CCC[C@H]4c4cnn(C)c4)n2)SCC3)cn1. The van der Waals surface area contributed by atoms with E-state index in [1.807, 2.05) is 47.6 Å². The molecule has 2 saturated heterocycles. The highest BCUT2D eigenvalue weighted by Gasteiger charge is 2.35. The van der Waals surface area contributed by atoms with Crippen LogP contribution in [-0.2, 0) is 20.5 Å². The summed E-state index contributed by atoms with van der Waals surface area (Å²) in [5.74, 6) is 3.11. The van der Waals surface area contributed by atoms with Crippen LogP contribution >= 0.6 is 11.8 Å². The predicted molar refractivity (Wildman–Crippen MR) is 122 cm³/mol. The standard InChI is InChI=1S/C22H28N8S/c1-27-13-15(11-23-27)18-5-3-8-29(18)21-20-17(7-10-31-20)25-22(26-21)30-9-4-6-19(30)16-12-24-28(2)14-16/h11-14,18-19H,3-10H2,1-2H3/t18-,19-/m0/s1. The van der Waals surface area contributed by atoms with Crippen LogP contribution in [0.5, 0.6) is 0 Å². The fraction of sp³-hybridized carbons (Fsp3) is 0.545. The molecule has 0 spiro atoms. The summed E-state index contributed by atoms with van der Waals surface area (Å²) in [7, 11) is 3.97. The van der Waals surface area contributed by atoms with Crippen LogP contribution in [0.1, 0.15) is 54.6 Å². The quantitative estimate of drug-likeness (QED) is 0.622. The van der Waals surface area contributed by atoms with Gasteiger partial charge >= 0.3 is 0 Å². The van der Waals surface area contributed by atoms with Gasteiger partial charge in [-0.1, -0.05) is 0 Å². The zero-order valence-electron chi connectivity index (χ0n) is 18.1. The molecule has 6 rings (SSSR count). The largest absolute Gasteiger partial charge is 0.348 e. The second-order valence-electron chi connectivity index (χ2n) is 8.82. The summed E-state index contributed by atoms with van der Waals surface area (Å²) in [4.78, 5) is 16.5. The van der Waals surface area contributed by atoms with Gasteiger partial charge < -0.3 is 9.80 Å². The summed E-state index contributed by atoms with van der Waals surface area (Å²) in [6.45, 7) is 2.03. The normalized spacial score (nSPS) is 23.2. The lowest BCUT2D eigenvalue weighted by molar-refractivity contribution is 0.678. The maximum atomic E-state index is 5.24. The Hall–Kier alpha value is -2.55.